The van der Waals surface area contributed by atoms with Gasteiger partial charge in [0.15, 0.2) is 0 Å². The lowest BCUT2D eigenvalue weighted by Crippen LogP contribution is -2.38. The fourth-order valence-electron chi connectivity index (χ4n) is 5.85. The van der Waals surface area contributed by atoms with E-state index in [0.29, 0.717) is 30.3 Å². The molecule has 3 aromatic carbocycles. The number of carbonyl (C=O) groups excluding carboxylic acids is 2. The summed E-state index contributed by atoms with van der Waals surface area (Å²) in [6, 6.07) is 26.1. The van der Waals surface area contributed by atoms with Gasteiger partial charge in [-0.05, 0) is 67.5 Å². The molecule has 2 aliphatic rings. The quantitative estimate of drug-likeness (QED) is 0.282. The van der Waals surface area contributed by atoms with E-state index in [1.165, 1.54) is 5.56 Å². The molecular weight excluding hydrogens is 540 g/mol. The second kappa shape index (κ2) is 16.2. The molecule has 2 amide bonds. The van der Waals surface area contributed by atoms with Crippen LogP contribution in [0.5, 0.6) is 0 Å². The molecule has 3 aromatic rings. The number of nitrogens with zero attached hydrogens (tertiary/aromatic N) is 2. The van der Waals surface area contributed by atoms with E-state index in [4.69, 9.17) is 9.47 Å². The van der Waals surface area contributed by atoms with E-state index in [1.807, 2.05) is 42.5 Å². The van der Waals surface area contributed by atoms with Gasteiger partial charge in [-0.2, -0.15) is 0 Å². The molecule has 0 aliphatic carbocycles. The van der Waals surface area contributed by atoms with Gasteiger partial charge in [-0.25, -0.2) is 0 Å². The number of morpholine rings is 1. The van der Waals surface area contributed by atoms with E-state index in [0.717, 1.165) is 82.9 Å². The number of ether oxygens (including phenoxy) is 2. The normalized spacial score (nSPS) is 16.1. The van der Waals surface area contributed by atoms with Crippen LogP contribution in [-0.4, -0.2) is 75.8 Å². The van der Waals surface area contributed by atoms with Crippen molar-refractivity contribution in [2.75, 3.05) is 69.3 Å². The molecular formula is C35H44N4O4. The van der Waals surface area contributed by atoms with Crippen LogP contribution in [0.1, 0.15) is 40.7 Å². The predicted octanol–water partition coefficient (Wildman–Crippen LogP) is 4.75. The van der Waals surface area contributed by atoms with Crippen LogP contribution in [0.25, 0.3) is 0 Å². The fraction of sp³-hybridized carbons (Fsp3) is 0.429. The summed E-state index contributed by atoms with van der Waals surface area (Å²) in [6.07, 6.45) is 4.11. The lowest BCUT2D eigenvalue weighted by molar-refractivity contribution is -0.121. The molecule has 8 nitrogen and oxygen atoms in total. The average molecular weight is 585 g/mol. The Morgan fingerprint density at radius 1 is 0.860 bits per heavy atom. The van der Waals surface area contributed by atoms with Gasteiger partial charge >= 0.3 is 0 Å². The summed E-state index contributed by atoms with van der Waals surface area (Å²) in [5.41, 5.74) is 4.50. The first kappa shape index (κ1) is 30.7. The summed E-state index contributed by atoms with van der Waals surface area (Å²) in [7, 11) is 0. The van der Waals surface area contributed by atoms with Gasteiger partial charge in [0.05, 0.1) is 25.4 Å². The highest BCUT2D eigenvalue weighted by Gasteiger charge is 2.24. The van der Waals surface area contributed by atoms with E-state index in [-0.39, 0.29) is 18.4 Å². The summed E-state index contributed by atoms with van der Waals surface area (Å²) < 4.78 is 11.0. The van der Waals surface area contributed by atoms with Crippen molar-refractivity contribution >= 4 is 23.2 Å². The van der Waals surface area contributed by atoms with Crippen LogP contribution in [0.3, 0.4) is 0 Å². The first-order valence-corrected chi connectivity index (χ1v) is 15.6. The van der Waals surface area contributed by atoms with Gasteiger partial charge in [0, 0.05) is 44.1 Å². The fourth-order valence-corrected chi connectivity index (χ4v) is 5.85. The Morgan fingerprint density at radius 2 is 1.56 bits per heavy atom. The highest BCUT2D eigenvalue weighted by atomic mass is 16.5. The monoisotopic (exact) mass is 584 g/mol. The summed E-state index contributed by atoms with van der Waals surface area (Å²) in [5, 5.41) is 6.05. The minimum absolute atomic E-state index is 0.0609. The zero-order valence-electron chi connectivity index (χ0n) is 25.0. The van der Waals surface area contributed by atoms with E-state index in [1.54, 1.807) is 6.07 Å². The minimum Gasteiger partial charge on any atom is -0.379 e. The van der Waals surface area contributed by atoms with Crippen molar-refractivity contribution < 1.29 is 19.1 Å². The molecule has 2 saturated heterocycles. The van der Waals surface area contributed by atoms with Gasteiger partial charge in [-0.3, -0.25) is 14.5 Å². The molecule has 2 heterocycles. The highest BCUT2D eigenvalue weighted by Crippen LogP contribution is 2.30. The maximum absolute atomic E-state index is 13.5. The van der Waals surface area contributed by atoms with Gasteiger partial charge in [0.25, 0.3) is 5.91 Å². The molecule has 2 fully saturated rings. The lowest BCUT2D eigenvalue weighted by atomic mass is 9.89. The van der Waals surface area contributed by atoms with Crippen LogP contribution in [0.2, 0.25) is 0 Å². The van der Waals surface area contributed by atoms with Crippen molar-refractivity contribution in [2.45, 2.75) is 32.3 Å². The smallest absolute Gasteiger partial charge is 0.253 e. The number of carbonyl (C=O) groups is 2. The summed E-state index contributed by atoms with van der Waals surface area (Å²) in [4.78, 5) is 30.9. The minimum atomic E-state index is -0.248. The number of amides is 2. The Labute approximate surface area is 255 Å². The predicted molar refractivity (Wildman–Crippen MR) is 170 cm³/mol. The maximum atomic E-state index is 13.5. The molecule has 0 radical (unpaired) electrons. The number of hydrogen-bond acceptors (Lipinski definition) is 6. The molecule has 0 unspecified atom stereocenters. The Kier molecular flexibility index (Phi) is 11.6. The second-order valence-electron chi connectivity index (χ2n) is 11.4. The van der Waals surface area contributed by atoms with Crippen LogP contribution in [0.15, 0.2) is 78.9 Å². The molecule has 2 N–H and O–H groups in total. The Morgan fingerprint density at radius 3 is 2.28 bits per heavy atom. The van der Waals surface area contributed by atoms with E-state index in [9.17, 15) is 9.59 Å². The molecule has 5 rings (SSSR count). The van der Waals surface area contributed by atoms with Gasteiger partial charge in [0.2, 0.25) is 5.91 Å². The highest BCUT2D eigenvalue weighted by molar-refractivity contribution is 6.02. The van der Waals surface area contributed by atoms with Crippen molar-refractivity contribution in [1.82, 2.24) is 10.2 Å². The summed E-state index contributed by atoms with van der Waals surface area (Å²) in [5.74, 6) is 0.271. The van der Waals surface area contributed by atoms with Crippen LogP contribution in [-0.2, 0) is 27.3 Å². The number of nitrogens with one attached hydrogen (secondary N) is 2. The largest absolute Gasteiger partial charge is 0.379 e. The number of rotatable bonds is 13. The standard InChI is InChI=1S/C35H44N4O4/c40-34(27-43-26-30-10-5-2-6-11-30)37-31-12-13-33(39-18-14-29(15-19-39)24-28-8-3-1-4-9-28)32(25-31)35(41)36-16-7-17-38-20-22-42-23-21-38/h1-6,8-13,25,29H,7,14-24,26-27H2,(H,36,41)(H,37,40). The summed E-state index contributed by atoms with van der Waals surface area (Å²) >= 11 is 0. The van der Waals surface area contributed by atoms with Gasteiger partial charge in [-0.15, -0.1) is 0 Å². The number of benzene rings is 3. The van der Waals surface area contributed by atoms with Crippen LogP contribution in [0, 0.1) is 5.92 Å². The zero-order valence-corrected chi connectivity index (χ0v) is 25.0. The van der Waals surface area contributed by atoms with Crippen LogP contribution < -0.4 is 15.5 Å². The number of hydrogen-bond donors (Lipinski definition) is 2. The Bertz CT molecular complexity index is 1290. The number of anilines is 2. The number of piperidine rings is 1. The molecule has 43 heavy (non-hydrogen) atoms. The third-order valence-electron chi connectivity index (χ3n) is 8.23. The third kappa shape index (κ3) is 9.64. The topological polar surface area (TPSA) is 83.1 Å². The molecule has 0 saturated carbocycles. The van der Waals surface area contributed by atoms with E-state index in [2.05, 4.69) is 50.8 Å². The van der Waals surface area contributed by atoms with Crippen molar-refractivity contribution in [3.05, 3.63) is 95.6 Å². The van der Waals surface area contributed by atoms with Gasteiger partial charge < -0.3 is 25.0 Å². The van der Waals surface area contributed by atoms with E-state index >= 15 is 0 Å². The van der Waals surface area contributed by atoms with Gasteiger partial charge in [0.1, 0.15) is 6.61 Å². The zero-order chi connectivity index (χ0) is 29.7. The SMILES string of the molecule is O=C(COCc1ccccc1)Nc1ccc(N2CCC(Cc3ccccc3)CC2)c(C(=O)NCCCN2CCOCC2)c1. The molecule has 0 spiro atoms. The first-order chi connectivity index (χ1) is 21.1. The molecule has 228 valence electrons. The average Bonchev–Trinajstić information content (AvgIpc) is 3.05. The molecule has 2 aliphatic heterocycles. The van der Waals surface area contributed by atoms with Crippen molar-refractivity contribution in [1.29, 1.82) is 0 Å². The summed E-state index contributed by atoms with van der Waals surface area (Å²) in [6.45, 7) is 7.05. The van der Waals surface area contributed by atoms with Crippen molar-refractivity contribution in [2.24, 2.45) is 5.92 Å². The lowest BCUT2D eigenvalue weighted by Gasteiger charge is -2.35. The van der Waals surface area contributed by atoms with Crippen molar-refractivity contribution in [3.8, 4) is 0 Å². The molecule has 0 aromatic heterocycles. The first-order valence-electron chi connectivity index (χ1n) is 15.6. The Hall–Kier alpha value is -3.72. The maximum Gasteiger partial charge on any atom is 0.253 e. The van der Waals surface area contributed by atoms with Crippen LogP contribution in [0.4, 0.5) is 11.4 Å². The molecule has 0 atom stereocenters. The molecule has 0 bridgehead atoms. The van der Waals surface area contributed by atoms with Gasteiger partial charge in [-0.1, -0.05) is 60.7 Å². The van der Waals surface area contributed by atoms with Crippen molar-refractivity contribution in [3.63, 3.8) is 0 Å². The second-order valence-corrected chi connectivity index (χ2v) is 11.4. The van der Waals surface area contributed by atoms with Crippen LogP contribution >= 0.6 is 0 Å². The van der Waals surface area contributed by atoms with E-state index < -0.39 is 0 Å². The Balaban J connectivity index is 1.19. The molecule has 8 heteroatoms. The third-order valence-corrected chi connectivity index (χ3v) is 8.23.